The number of halogens is 1. The zero-order valence-electron chi connectivity index (χ0n) is 13.4. The maximum Gasteiger partial charge on any atom is 0.126 e. The monoisotopic (exact) mass is 310 g/mol. The molecule has 1 aromatic rings. The molecule has 1 fully saturated rings. The Morgan fingerprint density at radius 2 is 2.24 bits per heavy atom. The SMILES string of the molecule is CCCNc1ccc(Cl)c(CN2CCCC(N(C)C)C2)n1. The molecule has 1 aromatic heterocycles. The highest BCUT2D eigenvalue weighted by Crippen LogP contribution is 2.21. The predicted molar refractivity (Wildman–Crippen MR) is 90.0 cm³/mol. The first-order valence-corrected chi connectivity index (χ1v) is 8.26. The summed E-state index contributed by atoms with van der Waals surface area (Å²) in [4.78, 5) is 9.46. The Morgan fingerprint density at radius 1 is 1.43 bits per heavy atom. The van der Waals surface area contributed by atoms with Crippen molar-refractivity contribution < 1.29 is 0 Å². The van der Waals surface area contributed by atoms with Crippen molar-refractivity contribution in [2.45, 2.75) is 38.8 Å². The lowest BCUT2D eigenvalue weighted by Crippen LogP contribution is -2.44. The van der Waals surface area contributed by atoms with Crippen LogP contribution in [0.5, 0.6) is 0 Å². The van der Waals surface area contributed by atoms with Crippen LogP contribution in [0.2, 0.25) is 5.02 Å². The summed E-state index contributed by atoms with van der Waals surface area (Å²) in [6.07, 6.45) is 3.62. The third-order valence-corrected chi connectivity index (χ3v) is 4.40. The van der Waals surface area contributed by atoms with Crippen molar-refractivity contribution in [3.05, 3.63) is 22.8 Å². The van der Waals surface area contributed by atoms with Crippen LogP contribution >= 0.6 is 11.6 Å². The molecular formula is C16H27ClN4. The molecular weight excluding hydrogens is 284 g/mol. The van der Waals surface area contributed by atoms with E-state index in [0.717, 1.165) is 49.1 Å². The summed E-state index contributed by atoms with van der Waals surface area (Å²) < 4.78 is 0. The van der Waals surface area contributed by atoms with E-state index < -0.39 is 0 Å². The molecule has 2 rings (SSSR count). The Kier molecular flexibility index (Phi) is 6.27. The number of likely N-dealkylation sites (N-methyl/N-ethyl adjacent to an activating group) is 1. The first-order chi connectivity index (χ1) is 10.1. The zero-order valence-corrected chi connectivity index (χ0v) is 14.2. The molecule has 0 saturated carbocycles. The van der Waals surface area contributed by atoms with E-state index in [0.29, 0.717) is 6.04 Å². The molecule has 2 heterocycles. The Bertz CT molecular complexity index is 450. The second-order valence-corrected chi connectivity index (χ2v) is 6.45. The Balaban J connectivity index is 2.00. The predicted octanol–water partition coefficient (Wildman–Crippen LogP) is 3.08. The Hall–Kier alpha value is -0.840. The number of likely N-dealkylation sites (tertiary alicyclic amines) is 1. The minimum Gasteiger partial charge on any atom is -0.370 e. The number of nitrogens with zero attached hydrogens (tertiary/aromatic N) is 3. The zero-order chi connectivity index (χ0) is 15.2. The number of hydrogen-bond acceptors (Lipinski definition) is 4. The van der Waals surface area contributed by atoms with Gasteiger partial charge < -0.3 is 10.2 Å². The van der Waals surface area contributed by atoms with Gasteiger partial charge in [0.2, 0.25) is 0 Å². The summed E-state index contributed by atoms with van der Waals surface area (Å²) in [7, 11) is 4.32. The Morgan fingerprint density at radius 3 is 2.95 bits per heavy atom. The summed E-state index contributed by atoms with van der Waals surface area (Å²) in [5.74, 6) is 0.928. The van der Waals surface area contributed by atoms with Gasteiger partial charge in [-0.3, -0.25) is 4.90 Å². The van der Waals surface area contributed by atoms with Crippen LogP contribution in [0.3, 0.4) is 0 Å². The van der Waals surface area contributed by atoms with Crippen LogP contribution in [0.1, 0.15) is 31.9 Å². The van der Waals surface area contributed by atoms with E-state index in [4.69, 9.17) is 11.6 Å². The van der Waals surface area contributed by atoms with Crippen LogP contribution in [-0.2, 0) is 6.54 Å². The molecule has 0 aromatic carbocycles. The summed E-state index contributed by atoms with van der Waals surface area (Å²) in [6, 6.07) is 4.55. The second-order valence-electron chi connectivity index (χ2n) is 6.05. The minimum absolute atomic E-state index is 0.638. The first-order valence-electron chi connectivity index (χ1n) is 7.88. The lowest BCUT2D eigenvalue weighted by Gasteiger charge is -2.36. The summed E-state index contributed by atoms with van der Waals surface area (Å²) in [5, 5.41) is 4.10. The van der Waals surface area contributed by atoms with Crippen molar-refractivity contribution >= 4 is 17.4 Å². The fraction of sp³-hybridized carbons (Fsp3) is 0.688. The van der Waals surface area contributed by atoms with Crippen molar-refractivity contribution in [2.75, 3.05) is 39.0 Å². The molecule has 0 aliphatic carbocycles. The smallest absolute Gasteiger partial charge is 0.126 e. The van der Waals surface area contributed by atoms with E-state index in [1.807, 2.05) is 12.1 Å². The molecule has 1 atom stereocenters. The lowest BCUT2D eigenvalue weighted by atomic mass is 10.0. The summed E-state index contributed by atoms with van der Waals surface area (Å²) in [5.41, 5.74) is 0.983. The van der Waals surface area contributed by atoms with Crippen molar-refractivity contribution in [1.82, 2.24) is 14.8 Å². The van der Waals surface area contributed by atoms with Crippen LogP contribution in [0.4, 0.5) is 5.82 Å². The highest BCUT2D eigenvalue weighted by Gasteiger charge is 2.22. The van der Waals surface area contributed by atoms with Crippen molar-refractivity contribution in [3.63, 3.8) is 0 Å². The molecule has 1 unspecified atom stereocenters. The molecule has 0 bridgehead atoms. The second kappa shape index (κ2) is 7.97. The lowest BCUT2D eigenvalue weighted by molar-refractivity contribution is 0.127. The normalized spacial score (nSPS) is 20.0. The highest BCUT2D eigenvalue weighted by molar-refractivity contribution is 6.31. The van der Waals surface area contributed by atoms with Gasteiger partial charge in [0.1, 0.15) is 5.82 Å². The fourth-order valence-corrected chi connectivity index (χ4v) is 2.92. The van der Waals surface area contributed by atoms with Gasteiger partial charge in [0.15, 0.2) is 0 Å². The topological polar surface area (TPSA) is 31.4 Å². The number of anilines is 1. The molecule has 1 saturated heterocycles. The van der Waals surface area contributed by atoms with Gasteiger partial charge >= 0.3 is 0 Å². The van der Waals surface area contributed by atoms with E-state index in [9.17, 15) is 0 Å². The van der Waals surface area contributed by atoms with Crippen molar-refractivity contribution in [2.24, 2.45) is 0 Å². The molecule has 21 heavy (non-hydrogen) atoms. The number of hydrogen-bond donors (Lipinski definition) is 1. The maximum atomic E-state index is 6.32. The van der Waals surface area contributed by atoms with Crippen LogP contribution < -0.4 is 5.32 Å². The quantitative estimate of drug-likeness (QED) is 0.875. The van der Waals surface area contributed by atoms with E-state index >= 15 is 0 Å². The molecule has 5 heteroatoms. The Labute approximate surface area is 133 Å². The summed E-state index contributed by atoms with van der Waals surface area (Å²) >= 11 is 6.32. The van der Waals surface area contributed by atoms with Crippen LogP contribution in [0.15, 0.2) is 12.1 Å². The maximum absolute atomic E-state index is 6.32. The van der Waals surface area contributed by atoms with Crippen LogP contribution in [0, 0.1) is 0 Å². The van der Waals surface area contributed by atoms with E-state index in [-0.39, 0.29) is 0 Å². The van der Waals surface area contributed by atoms with Gasteiger partial charge in [-0.05, 0) is 52.0 Å². The average Bonchev–Trinajstić information content (AvgIpc) is 2.48. The molecule has 1 N–H and O–H groups in total. The molecule has 1 aliphatic heterocycles. The van der Waals surface area contributed by atoms with Gasteiger partial charge in [-0.15, -0.1) is 0 Å². The van der Waals surface area contributed by atoms with E-state index in [2.05, 4.69) is 41.1 Å². The number of pyridine rings is 1. The number of nitrogens with one attached hydrogen (secondary N) is 1. The van der Waals surface area contributed by atoms with Gasteiger partial charge in [0.05, 0.1) is 10.7 Å². The average molecular weight is 311 g/mol. The van der Waals surface area contributed by atoms with Crippen LogP contribution in [0.25, 0.3) is 0 Å². The fourth-order valence-electron chi connectivity index (χ4n) is 2.75. The van der Waals surface area contributed by atoms with Gasteiger partial charge in [0, 0.05) is 25.7 Å². The van der Waals surface area contributed by atoms with Crippen LogP contribution in [-0.4, -0.2) is 54.6 Å². The third kappa shape index (κ3) is 4.83. The first kappa shape index (κ1) is 16.5. The van der Waals surface area contributed by atoms with Gasteiger partial charge in [0.25, 0.3) is 0 Å². The van der Waals surface area contributed by atoms with E-state index in [1.165, 1.54) is 12.8 Å². The molecule has 0 spiro atoms. The number of piperidine rings is 1. The molecule has 0 radical (unpaired) electrons. The van der Waals surface area contributed by atoms with Crippen molar-refractivity contribution in [1.29, 1.82) is 0 Å². The highest BCUT2D eigenvalue weighted by atomic mass is 35.5. The number of rotatable bonds is 6. The van der Waals surface area contributed by atoms with Crippen molar-refractivity contribution in [3.8, 4) is 0 Å². The largest absolute Gasteiger partial charge is 0.370 e. The minimum atomic E-state index is 0.638. The van der Waals surface area contributed by atoms with Gasteiger partial charge in [-0.25, -0.2) is 4.98 Å². The standard InChI is InChI=1S/C16H27ClN4/c1-4-9-18-16-8-7-14(17)15(19-16)12-21-10-5-6-13(11-21)20(2)3/h7-8,13H,4-6,9-12H2,1-3H3,(H,18,19). The molecule has 0 amide bonds. The summed E-state index contributed by atoms with van der Waals surface area (Å²) in [6.45, 7) is 6.16. The molecule has 1 aliphatic rings. The van der Waals surface area contributed by atoms with E-state index in [1.54, 1.807) is 0 Å². The van der Waals surface area contributed by atoms with Gasteiger partial charge in [-0.2, -0.15) is 0 Å². The number of aromatic nitrogens is 1. The van der Waals surface area contributed by atoms with Gasteiger partial charge in [-0.1, -0.05) is 18.5 Å². The third-order valence-electron chi connectivity index (χ3n) is 4.06. The molecule has 4 nitrogen and oxygen atoms in total. The molecule has 118 valence electrons.